The first kappa shape index (κ1) is 38.8. The van der Waals surface area contributed by atoms with Gasteiger partial charge in [-0.15, -0.1) is 0 Å². The van der Waals surface area contributed by atoms with Gasteiger partial charge in [-0.2, -0.15) is 0 Å². The van der Waals surface area contributed by atoms with Gasteiger partial charge in [-0.1, -0.05) is 38.0 Å². The number of ether oxygens (including phenoxy) is 1. The van der Waals surface area contributed by atoms with Crippen molar-refractivity contribution in [3.8, 4) is 0 Å². The summed E-state index contributed by atoms with van der Waals surface area (Å²) in [5, 5.41) is 8.07. The lowest BCUT2D eigenvalue weighted by Crippen LogP contribution is -2.60. The Hall–Kier alpha value is -4.95. The Kier molecular flexibility index (Phi) is 13.6. The molecule has 15 nitrogen and oxygen atoms in total. The number of hydrogen-bond acceptors (Lipinski definition) is 9. The van der Waals surface area contributed by atoms with Crippen molar-refractivity contribution in [2.24, 2.45) is 0 Å². The smallest absolute Gasteiger partial charge is 0.328 e. The third-order valence-corrected chi connectivity index (χ3v) is 9.69. The number of likely N-dealkylation sites (N-methyl/N-ethyl adjacent to an activating group) is 1. The lowest BCUT2D eigenvalue weighted by Gasteiger charge is -2.34. The molecule has 0 unspecified atom stereocenters. The number of carbonyl (C=O) groups is 7. The minimum Gasteiger partial charge on any atom is -0.461 e. The number of carbonyl (C=O) groups excluding carboxylic acids is 7. The highest BCUT2D eigenvalue weighted by atomic mass is 16.5. The molecular formula is C36H51N7O8. The van der Waals surface area contributed by atoms with E-state index < -0.39 is 84.3 Å². The molecule has 3 fully saturated rings. The topological polar surface area (TPSA) is 201 Å². The van der Waals surface area contributed by atoms with Crippen LogP contribution >= 0.6 is 0 Å². The zero-order valence-electron chi connectivity index (χ0n) is 29.9. The van der Waals surface area contributed by atoms with Gasteiger partial charge < -0.3 is 41.1 Å². The number of unbranched alkanes of at least 4 members (excludes halogenated alkanes) is 2. The normalized spacial score (nSPS) is 25.7. The Balaban J connectivity index is 1.65. The van der Waals surface area contributed by atoms with E-state index in [0.717, 1.165) is 12.8 Å². The van der Waals surface area contributed by atoms with Gasteiger partial charge in [-0.3, -0.25) is 28.8 Å². The fourth-order valence-corrected chi connectivity index (χ4v) is 6.62. The average molecular weight is 710 g/mol. The second-order valence-corrected chi connectivity index (χ2v) is 13.5. The highest BCUT2D eigenvalue weighted by Gasteiger charge is 2.43. The Morgan fingerprint density at radius 3 is 2.39 bits per heavy atom. The molecule has 0 aliphatic carbocycles. The molecule has 3 heterocycles. The Bertz CT molecular complexity index is 1520. The van der Waals surface area contributed by atoms with Crippen molar-refractivity contribution in [2.75, 3.05) is 32.5 Å². The number of nitrogens with two attached hydrogens (primary N) is 1. The van der Waals surface area contributed by atoms with Gasteiger partial charge in [0.25, 0.3) is 0 Å². The van der Waals surface area contributed by atoms with Gasteiger partial charge in [-0.05, 0) is 69.7 Å². The third kappa shape index (κ3) is 9.85. The van der Waals surface area contributed by atoms with Crippen LogP contribution in [0.1, 0.15) is 71.3 Å². The van der Waals surface area contributed by atoms with E-state index in [1.165, 1.54) is 41.7 Å². The molecule has 6 atom stereocenters. The monoisotopic (exact) mass is 709 g/mol. The van der Waals surface area contributed by atoms with Gasteiger partial charge in [-0.25, -0.2) is 4.79 Å². The number of hydrogen-bond donors (Lipinski definition) is 4. The number of fused-ring (bicyclic) bond motifs is 2. The molecule has 0 aromatic heterocycles. The summed E-state index contributed by atoms with van der Waals surface area (Å²) in [6, 6.07) is 0.425. The van der Waals surface area contributed by atoms with E-state index in [0.29, 0.717) is 43.4 Å². The molecule has 3 saturated heterocycles. The van der Waals surface area contributed by atoms with Crippen molar-refractivity contribution in [1.82, 2.24) is 30.7 Å². The maximum absolute atomic E-state index is 14.2. The first-order valence-electron chi connectivity index (χ1n) is 17.8. The number of anilines is 1. The van der Waals surface area contributed by atoms with E-state index in [9.17, 15) is 33.6 Å². The van der Waals surface area contributed by atoms with Crippen LogP contribution in [0.4, 0.5) is 5.69 Å². The van der Waals surface area contributed by atoms with Crippen LogP contribution in [-0.4, -0.2) is 119 Å². The predicted octanol–water partition coefficient (Wildman–Crippen LogP) is 0.418. The van der Waals surface area contributed by atoms with Gasteiger partial charge >= 0.3 is 5.97 Å². The average Bonchev–Trinajstić information content (AvgIpc) is 3.80. The summed E-state index contributed by atoms with van der Waals surface area (Å²) in [7, 11) is 1.46. The molecule has 5 N–H and O–H groups in total. The minimum absolute atomic E-state index is 0.0407. The molecule has 0 bridgehead atoms. The number of cyclic esters (lactones) is 1. The lowest BCUT2D eigenvalue weighted by molar-refractivity contribution is -0.158. The predicted molar refractivity (Wildman–Crippen MR) is 187 cm³/mol. The van der Waals surface area contributed by atoms with Crippen LogP contribution in [0.15, 0.2) is 36.4 Å². The van der Waals surface area contributed by atoms with Crippen LogP contribution in [0.3, 0.4) is 0 Å². The fourth-order valence-electron chi connectivity index (χ4n) is 6.62. The number of esters is 1. The number of nitrogens with one attached hydrogen (secondary N) is 3. The first-order valence-corrected chi connectivity index (χ1v) is 17.8. The summed E-state index contributed by atoms with van der Waals surface area (Å²) in [6.45, 7) is 4.96. The van der Waals surface area contributed by atoms with E-state index in [-0.39, 0.29) is 19.5 Å². The summed E-state index contributed by atoms with van der Waals surface area (Å²) in [6.07, 6.45) is 7.30. The van der Waals surface area contributed by atoms with Crippen molar-refractivity contribution in [3.63, 3.8) is 0 Å². The Labute approximate surface area is 298 Å². The molecule has 0 saturated carbocycles. The summed E-state index contributed by atoms with van der Waals surface area (Å²) in [5.41, 5.74) is 7.10. The number of allylic oxidation sites excluding steroid dienone is 1. The van der Waals surface area contributed by atoms with Gasteiger partial charge in [0, 0.05) is 32.2 Å². The molecule has 15 heteroatoms. The Morgan fingerprint density at radius 1 is 1.02 bits per heavy atom. The quantitative estimate of drug-likeness (QED) is 0.121. The molecule has 3 aliphatic heterocycles. The molecule has 3 aliphatic rings. The van der Waals surface area contributed by atoms with Crippen LogP contribution in [0.2, 0.25) is 0 Å². The lowest BCUT2D eigenvalue weighted by atomic mass is 10.0. The standard InChI is InChI=1S/C36H51N7O8/c1-5-6-7-8-16-30(44)39-26(20-24-12-9-13-25(37)19-24)32(46)40-27-21-51-36(50)29-15-11-18-43(29)33(47)22(2)38-31(45)23(3)41(4)35(49)28-14-10-17-42(28)34(27)48/h8-9,12-13,16,19,22-23,26-29H,5-7,10-11,14-15,17-18,20-21,37H2,1-4H3,(H,38,45)(H,39,44)(H,40,46)/b16-8+/t22-,23-,26-,27-,28-,29-/m0/s1. The number of nitrogen functional groups attached to an aromatic ring is 1. The number of amides is 6. The Morgan fingerprint density at radius 2 is 1.71 bits per heavy atom. The first-order chi connectivity index (χ1) is 24.3. The number of nitrogens with zero attached hydrogens (tertiary/aromatic N) is 3. The highest BCUT2D eigenvalue weighted by Crippen LogP contribution is 2.23. The zero-order chi connectivity index (χ0) is 37.2. The van der Waals surface area contributed by atoms with Crippen molar-refractivity contribution >= 4 is 47.1 Å². The third-order valence-electron chi connectivity index (χ3n) is 9.69. The second kappa shape index (κ2) is 17.8. The number of rotatable bonds is 9. The van der Waals surface area contributed by atoms with E-state index in [1.807, 2.05) is 6.92 Å². The molecule has 1 aromatic rings. The molecule has 6 amide bonds. The van der Waals surface area contributed by atoms with Gasteiger partial charge in [0.1, 0.15) is 42.9 Å². The maximum Gasteiger partial charge on any atom is 0.328 e. The molecule has 1 aromatic carbocycles. The van der Waals surface area contributed by atoms with Gasteiger partial charge in [0.15, 0.2) is 0 Å². The van der Waals surface area contributed by atoms with E-state index >= 15 is 0 Å². The molecule has 4 rings (SSSR count). The summed E-state index contributed by atoms with van der Waals surface area (Å²) in [5.74, 6) is -4.18. The van der Waals surface area contributed by atoms with E-state index in [1.54, 1.807) is 30.3 Å². The molecule has 0 spiro atoms. The summed E-state index contributed by atoms with van der Waals surface area (Å²) < 4.78 is 5.64. The SMILES string of the molecule is CCCC/C=C/C(=O)N[C@@H](Cc1cccc(N)c1)C(=O)N[C@H]1COC(=O)[C@@H]2CCCN2C(=O)[C@H](C)NC(=O)[C@H](C)N(C)C(=O)[C@@H]2CCCN2C1=O. The summed E-state index contributed by atoms with van der Waals surface area (Å²) in [4.78, 5) is 98.7. The second-order valence-electron chi connectivity index (χ2n) is 13.5. The van der Waals surface area contributed by atoms with Crippen LogP contribution in [-0.2, 0) is 44.7 Å². The van der Waals surface area contributed by atoms with Crippen LogP contribution < -0.4 is 21.7 Å². The van der Waals surface area contributed by atoms with Gasteiger partial charge in [0.2, 0.25) is 35.4 Å². The molecule has 0 radical (unpaired) electrons. The van der Waals surface area contributed by atoms with Crippen molar-refractivity contribution < 1.29 is 38.3 Å². The van der Waals surface area contributed by atoms with Crippen LogP contribution in [0, 0.1) is 0 Å². The van der Waals surface area contributed by atoms with E-state index in [2.05, 4.69) is 16.0 Å². The highest BCUT2D eigenvalue weighted by molar-refractivity contribution is 5.98. The van der Waals surface area contributed by atoms with E-state index in [4.69, 9.17) is 10.5 Å². The van der Waals surface area contributed by atoms with Crippen molar-refractivity contribution in [2.45, 2.75) is 108 Å². The number of benzene rings is 1. The minimum atomic E-state index is -1.43. The van der Waals surface area contributed by atoms with Crippen LogP contribution in [0.25, 0.3) is 0 Å². The largest absolute Gasteiger partial charge is 0.461 e. The summed E-state index contributed by atoms with van der Waals surface area (Å²) >= 11 is 0. The molecule has 278 valence electrons. The zero-order valence-corrected chi connectivity index (χ0v) is 29.9. The van der Waals surface area contributed by atoms with Gasteiger partial charge in [0.05, 0.1) is 0 Å². The molecule has 51 heavy (non-hydrogen) atoms. The van der Waals surface area contributed by atoms with Crippen LogP contribution in [0.5, 0.6) is 0 Å². The van der Waals surface area contributed by atoms with Crippen molar-refractivity contribution in [1.29, 1.82) is 0 Å². The molecular weight excluding hydrogens is 658 g/mol. The fraction of sp³-hybridized carbons (Fsp3) is 0.583. The van der Waals surface area contributed by atoms with Crippen molar-refractivity contribution in [3.05, 3.63) is 42.0 Å². The maximum atomic E-state index is 14.2.